The molecule has 4 rings (SSSR count). The van der Waals surface area contributed by atoms with Gasteiger partial charge in [-0.1, -0.05) is 23.7 Å². The lowest BCUT2D eigenvalue weighted by Crippen LogP contribution is -2.62. The lowest BCUT2D eigenvalue weighted by Gasteiger charge is -2.43. The van der Waals surface area contributed by atoms with Crippen LogP contribution in [-0.4, -0.2) is 50.0 Å². The van der Waals surface area contributed by atoms with E-state index in [1.165, 1.54) is 24.0 Å². The first-order valence-electron chi connectivity index (χ1n) is 11.9. The largest absolute Gasteiger partial charge is 0.481 e. The summed E-state index contributed by atoms with van der Waals surface area (Å²) in [4.78, 5) is 44.6. The summed E-state index contributed by atoms with van der Waals surface area (Å²) < 4.78 is 18.7. The normalized spacial score (nSPS) is 17.2. The van der Waals surface area contributed by atoms with Crippen LogP contribution in [0.15, 0.2) is 66.9 Å². The van der Waals surface area contributed by atoms with E-state index in [0.717, 1.165) is 16.7 Å². The Labute approximate surface area is 223 Å². The number of carboxylic acid groups (broad SMARTS) is 1. The average Bonchev–Trinajstić information content (AvgIpc) is 2.89. The first-order chi connectivity index (χ1) is 18.1. The Kier molecular flexibility index (Phi) is 8.11. The van der Waals surface area contributed by atoms with Gasteiger partial charge < -0.3 is 15.2 Å². The Morgan fingerprint density at radius 1 is 1.13 bits per heavy atom. The second-order valence-electron chi connectivity index (χ2n) is 8.97. The maximum Gasteiger partial charge on any atom is 0.328 e. The smallest absolute Gasteiger partial charge is 0.328 e. The molecule has 3 atom stereocenters. The third-order valence-electron chi connectivity index (χ3n) is 6.36. The molecule has 1 fully saturated rings. The minimum Gasteiger partial charge on any atom is -0.481 e. The first kappa shape index (κ1) is 26.9. The highest BCUT2D eigenvalue weighted by Gasteiger charge is 2.43. The molecule has 9 nitrogen and oxygen atoms in total. The van der Waals surface area contributed by atoms with Gasteiger partial charge in [-0.25, -0.2) is 14.2 Å². The molecule has 1 aliphatic heterocycles. The van der Waals surface area contributed by atoms with Gasteiger partial charge in [0.05, 0.1) is 24.6 Å². The second kappa shape index (κ2) is 11.5. The summed E-state index contributed by atoms with van der Waals surface area (Å²) in [7, 11) is 0. The van der Waals surface area contributed by atoms with E-state index in [0.29, 0.717) is 16.5 Å². The number of anilines is 1. The Bertz CT molecular complexity index is 1300. The minimum atomic E-state index is -1.10. The maximum atomic E-state index is 13.6. The van der Waals surface area contributed by atoms with Crippen molar-refractivity contribution in [2.45, 2.75) is 39.0 Å². The summed E-state index contributed by atoms with van der Waals surface area (Å²) in [5, 5.41) is 13.2. The fourth-order valence-electron chi connectivity index (χ4n) is 4.03. The molecule has 198 valence electrons. The zero-order chi connectivity index (χ0) is 27.4. The predicted molar refractivity (Wildman–Crippen MR) is 138 cm³/mol. The number of carboxylic acids is 1. The average molecular weight is 541 g/mol. The van der Waals surface area contributed by atoms with E-state index >= 15 is 0 Å². The van der Waals surface area contributed by atoms with E-state index in [9.17, 15) is 23.9 Å². The molecule has 0 bridgehead atoms. The van der Waals surface area contributed by atoms with Gasteiger partial charge in [-0.15, -0.1) is 0 Å². The van der Waals surface area contributed by atoms with Gasteiger partial charge >= 0.3 is 12.0 Å². The Balaban J connectivity index is 1.55. The van der Waals surface area contributed by atoms with Crippen LogP contribution in [0, 0.1) is 11.7 Å². The van der Waals surface area contributed by atoms with Crippen LogP contribution in [-0.2, 0) is 16.1 Å². The van der Waals surface area contributed by atoms with Crippen molar-refractivity contribution in [1.29, 1.82) is 0 Å². The van der Waals surface area contributed by atoms with Crippen LogP contribution in [0.4, 0.5) is 14.9 Å². The molecule has 0 radical (unpaired) electrons. The number of carbonyl (C=O) groups excluding carboxylic acids is 2. The van der Waals surface area contributed by atoms with Gasteiger partial charge in [0, 0.05) is 23.3 Å². The highest BCUT2D eigenvalue weighted by molar-refractivity contribution is 6.30. The number of nitrogens with zero attached hydrogens (tertiary/aromatic N) is 3. The molecule has 1 aliphatic rings. The van der Waals surface area contributed by atoms with Crippen molar-refractivity contribution >= 4 is 35.2 Å². The third-order valence-corrected chi connectivity index (χ3v) is 6.61. The molecule has 3 amide bonds. The number of aliphatic carboxylic acids is 1. The van der Waals surface area contributed by atoms with E-state index < -0.39 is 41.9 Å². The van der Waals surface area contributed by atoms with Crippen molar-refractivity contribution in [2.24, 2.45) is 5.92 Å². The van der Waals surface area contributed by atoms with Crippen molar-refractivity contribution < 1.29 is 28.6 Å². The first-order valence-corrected chi connectivity index (χ1v) is 12.3. The maximum absolute atomic E-state index is 13.6. The number of amides is 3. The summed E-state index contributed by atoms with van der Waals surface area (Å²) in [6.45, 7) is 3.19. The third kappa shape index (κ3) is 6.20. The van der Waals surface area contributed by atoms with Gasteiger partial charge in [0.15, 0.2) is 0 Å². The lowest BCUT2D eigenvalue weighted by molar-refractivity contribution is -0.145. The fourth-order valence-corrected chi connectivity index (χ4v) is 4.16. The van der Waals surface area contributed by atoms with Crippen LogP contribution >= 0.6 is 11.6 Å². The van der Waals surface area contributed by atoms with Gasteiger partial charge in [-0.05, 0) is 61.9 Å². The molecule has 2 heterocycles. The van der Waals surface area contributed by atoms with Gasteiger partial charge in [0.2, 0.25) is 11.8 Å². The van der Waals surface area contributed by atoms with Gasteiger partial charge in [-0.3, -0.25) is 19.4 Å². The number of hydrogen-bond acceptors (Lipinski definition) is 6. The lowest BCUT2D eigenvalue weighted by atomic mass is 10.0. The van der Waals surface area contributed by atoms with E-state index in [1.54, 1.807) is 55.5 Å². The Hall–Kier alpha value is -4.18. The number of benzene rings is 2. The number of rotatable bonds is 9. The van der Waals surface area contributed by atoms with Crippen molar-refractivity contribution in [3.05, 3.63) is 83.3 Å². The molecule has 3 aromatic rings. The van der Waals surface area contributed by atoms with Gasteiger partial charge in [0.1, 0.15) is 17.7 Å². The minimum absolute atomic E-state index is 0.0617. The molecule has 0 spiro atoms. The van der Waals surface area contributed by atoms with Crippen LogP contribution in [0.2, 0.25) is 5.02 Å². The van der Waals surface area contributed by atoms with Crippen molar-refractivity contribution in [3.63, 3.8) is 0 Å². The standard InChI is InChI=1S/C27H26ClFN4O5/c1-16(26(35)36)17(2)33-25(34)13-23(32(27(33)37)15-18-3-5-19(28)6-4-18)31-21-8-10-22(11-9-21)38-24-12-7-20(29)14-30-24/h3-12,14,16-17,23,31H,13,15H2,1-2H3,(H,35,36)/t16-,17+,23?/m1/s1. The topological polar surface area (TPSA) is 112 Å². The van der Waals surface area contributed by atoms with E-state index in [2.05, 4.69) is 10.3 Å². The summed E-state index contributed by atoms with van der Waals surface area (Å²) in [5.41, 5.74) is 1.41. The summed E-state index contributed by atoms with van der Waals surface area (Å²) in [6, 6.07) is 15.0. The van der Waals surface area contributed by atoms with Gasteiger partial charge in [0.25, 0.3) is 0 Å². The molecule has 11 heteroatoms. The SMILES string of the molecule is C[C@@H](C(=O)O)[C@H](C)N1C(=O)CC(Nc2ccc(Oc3ccc(F)cn3)cc2)N(Cc2ccc(Cl)cc2)C1=O. The van der Waals surface area contributed by atoms with Crippen molar-refractivity contribution in [3.8, 4) is 11.6 Å². The number of halogens is 2. The molecule has 2 N–H and O–H groups in total. The van der Waals surface area contributed by atoms with E-state index in [4.69, 9.17) is 16.3 Å². The zero-order valence-corrected chi connectivity index (χ0v) is 21.4. The molecular formula is C27H26ClFN4O5. The molecule has 1 saturated heterocycles. The number of urea groups is 1. The van der Waals surface area contributed by atoms with E-state index in [1.807, 2.05) is 0 Å². The van der Waals surface area contributed by atoms with Crippen molar-refractivity contribution in [2.75, 3.05) is 5.32 Å². The molecule has 1 unspecified atom stereocenters. The summed E-state index contributed by atoms with van der Waals surface area (Å²) in [5.74, 6) is -2.28. The van der Waals surface area contributed by atoms with Crippen LogP contribution < -0.4 is 10.1 Å². The quantitative estimate of drug-likeness (QED) is 0.375. The molecule has 1 aromatic heterocycles. The van der Waals surface area contributed by atoms with Crippen LogP contribution in [0.3, 0.4) is 0 Å². The van der Waals surface area contributed by atoms with Crippen LogP contribution in [0.5, 0.6) is 11.6 Å². The Morgan fingerprint density at radius 2 is 1.82 bits per heavy atom. The number of nitrogens with one attached hydrogen (secondary N) is 1. The Morgan fingerprint density at radius 3 is 2.42 bits per heavy atom. The number of carbonyl (C=O) groups is 3. The number of aromatic nitrogens is 1. The summed E-state index contributed by atoms with van der Waals surface area (Å²) >= 11 is 6.01. The predicted octanol–water partition coefficient (Wildman–Crippen LogP) is 5.37. The molecule has 0 aliphatic carbocycles. The van der Waals surface area contributed by atoms with E-state index in [-0.39, 0.29) is 18.8 Å². The number of hydrogen-bond donors (Lipinski definition) is 2. The highest BCUT2D eigenvalue weighted by atomic mass is 35.5. The number of ether oxygens (including phenoxy) is 1. The van der Waals surface area contributed by atoms with Crippen LogP contribution in [0.1, 0.15) is 25.8 Å². The number of imide groups is 1. The highest BCUT2D eigenvalue weighted by Crippen LogP contribution is 2.28. The van der Waals surface area contributed by atoms with Crippen LogP contribution in [0.25, 0.3) is 0 Å². The molecule has 38 heavy (non-hydrogen) atoms. The molecule has 2 aromatic carbocycles. The van der Waals surface area contributed by atoms with Crippen molar-refractivity contribution in [1.82, 2.24) is 14.8 Å². The number of pyridine rings is 1. The molecule has 0 saturated carbocycles. The van der Waals surface area contributed by atoms with Gasteiger partial charge in [-0.2, -0.15) is 0 Å². The second-order valence-corrected chi connectivity index (χ2v) is 9.41. The molecular weight excluding hydrogens is 515 g/mol. The monoisotopic (exact) mass is 540 g/mol. The zero-order valence-electron chi connectivity index (χ0n) is 20.7. The summed E-state index contributed by atoms with van der Waals surface area (Å²) in [6.07, 6.45) is 0.298. The fraction of sp³-hybridized carbons (Fsp3) is 0.259.